The number of benzene rings is 2. The Balaban J connectivity index is 1.63. The van der Waals surface area contributed by atoms with Crippen molar-refractivity contribution >= 4 is 73.2 Å². The number of nitrogens with zero attached hydrogens (tertiary/aromatic N) is 2. The van der Waals surface area contributed by atoms with E-state index in [0.717, 1.165) is 12.9 Å². The van der Waals surface area contributed by atoms with Crippen LogP contribution in [-0.2, 0) is 16.1 Å². The number of allylic oxidation sites excluding steroid dienone is 1. The van der Waals surface area contributed by atoms with Crippen molar-refractivity contribution in [3.8, 4) is 5.75 Å². The molecule has 0 spiro atoms. The zero-order valence-electron chi connectivity index (χ0n) is 20.7. The van der Waals surface area contributed by atoms with Crippen LogP contribution in [0, 0.1) is 9.39 Å². The Morgan fingerprint density at radius 3 is 2.77 bits per heavy atom. The fraction of sp³-hybridized carbons (Fsp3) is 0.179. The summed E-state index contributed by atoms with van der Waals surface area (Å²) in [5.41, 5.74) is 1.68. The molecule has 3 heterocycles. The quantitative estimate of drug-likeness (QED) is 0.174. The summed E-state index contributed by atoms with van der Waals surface area (Å²) in [5.74, 6) is -0.302. The Morgan fingerprint density at radius 1 is 1.26 bits per heavy atom. The van der Waals surface area contributed by atoms with Crippen LogP contribution in [0.15, 0.2) is 79.4 Å². The molecule has 1 aliphatic rings. The Bertz CT molecular complexity index is 1780. The molecule has 1 atom stereocenters. The molecule has 0 radical (unpaired) electrons. The molecule has 11 heteroatoms. The zero-order chi connectivity index (χ0) is 27.7. The molecule has 2 aromatic heterocycles. The van der Waals surface area contributed by atoms with Crippen molar-refractivity contribution in [3.63, 3.8) is 0 Å². The van der Waals surface area contributed by atoms with Gasteiger partial charge in [-0.05, 0) is 72.2 Å². The molecule has 200 valence electrons. The average Bonchev–Trinajstić information content (AvgIpc) is 3.52. The van der Waals surface area contributed by atoms with Crippen LogP contribution in [0.4, 0.5) is 4.39 Å². The second-order valence-electron chi connectivity index (χ2n) is 8.50. The fourth-order valence-corrected chi connectivity index (χ4v) is 7.82. The van der Waals surface area contributed by atoms with Gasteiger partial charge < -0.3 is 9.47 Å². The van der Waals surface area contributed by atoms with Gasteiger partial charge in [0, 0.05) is 20.5 Å². The molecule has 0 fully saturated rings. The van der Waals surface area contributed by atoms with Crippen molar-refractivity contribution in [1.82, 2.24) is 4.57 Å². The third-order valence-corrected chi connectivity index (χ3v) is 9.15. The van der Waals surface area contributed by atoms with E-state index in [0.29, 0.717) is 37.5 Å². The van der Waals surface area contributed by atoms with Gasteiger partial charge in [-0.1, -0.05) is 51.5 Å². The maximum absolute atomic E-state index is 14.2. The van der Waals surface area contributed by atoms with Crippen molar-refractivity contribution in [1.29, 1.82) is 0 Å². The highest BCUT2D eigenvalue weighted by Gasteiger charge is 2.34. The minimum absolute atomic E-state index is 0.0346. The molecule has 0 bridgehead atoms. The predicted molar refractivity (Wildman–Crippen MR) is 162 cm³/mol. The number of fused-ring (bicyclic) bond motifs is 1. The summed E-state index contributed by atoms with van der Waals surface area (Å²) < 4.78 is 29.2. The monoisotopic (exact) mass is 738 g/mol. The molecule has 2 aromatic carbocycles. The smallest absolute Gasteiger partial charge is 0.338 e. The van der Waals surface area contributed by atoms with Crippen LogP contribution in [0.25, 0.3) is 6.08 Å². The van der Waals surface area contributed by atoms with Crippen molar-refractivity contribution in [2.45, 2.75) is 26.5 Å². The number of rotatable bonds is 7. The fourth-order valence-electron chi connectivity index (χ4n) is 4.25. The molecule has 0 saturated heterocycles. The third kappa shape index (κ3) is 5.67. The number of thiophene rings is 1. The molecule has 0 N–H and O–H groups in total. The molecule has 0 amide bonds. The van der Waals surface area contributed by atoms with Crippen LogP contribution in [0.3, 0.4) is 0 Å². The van der Waals surface area contributed by atoms with Crippen molar-refractivity contribution in [3.05, 3.63) is 115 Å². The largest absolute Gasteiger partial charge is 0.487 e. The van der Waals surface area contributed by atoms with Crippen LogP contribution in [0.5, 0.6) is 5.75 Å². The molecule has 5 rings (SSSR count). The van der Waals surface area contributed by atoms with Crippen LogP contribution in [0.2, 0.25) is 0 Å². The molecular formula is C28H21BrFIN2O4S2. The van der Waals surface area contributed by atoms with Gasteiger partial charge in [-0.25, -0.2) is 14.2 Å². The van der Waals surface area contributed by atoms with E-state index in [1.54, 1.807) is 42.7 Å². The highest BCUT2D eigenvalue weighted by molar-refractivity contribution is 14.1. The van der Waals surface area contributed by atoms with E-state index in [1.807, 2.05) is 29.6 Å². The number of hydrogen-bond donors (Lipinski definition) is 0. The summed E-state index contributed by atoms with van der Waals surface area (Å²) in [5, 5.41) is 1.91. The van der Waals surface area contributed by atoms with Gasteiger partial charge in [0.25, 0.3) is 5.56 Å². The zero-order valence-corrected chi connectivity index (χ0v) is 26.1. The van der Waals surface area contributed by atoms with Crippen molar-refractivity contribution in [2.75, 3.05) is 6.61 Å². The number of halogens is 3. The lowest BCUT2D eigenvalue weighted by molar-refractivity contribution is -0.139. The Morgan fingerprint density at radius 2 is 2.05 bits per heavy atom. The molecular weight excluding hydrogens is 718 g/mol. The number of aromatic nitrogens is 1. The molecule has 39 heavy (non-hydrogen) atoms. The number of esters is 1. The first-order valence-electron chi connectivity index (χ1n) is 11.9. The lowest BCUT2D eigenvalue weighted by atomic mass is 10.0. The maximum Gasteiger partial charge on any atom is 0.338 e. The second kappa shape index (κ2) is 11.9. The minimum atomic E-state index is -0.637. The molecule has 6 nitrogen and oxygen atoms in total. The highest BCUT2D eigenvalue weighted by Crippen LogP contribution is 2.34. The molecule has 4 aromatic rings. The van der Waals surface area contributed by atoms with Gasteiger partial charge in [-0.2, -0.15) is 0 Å². The summed E-state index contributed by atoms with van der Waals surface area (Å²) in [6, 6.07) is 13.3. The Labute approximate surface area is 253 Å². The van der Waals surface area contributed by atoms with Gasteiger partial charge >= 0.3 is 5.97 Å². The van der Waals surface area contributed by atoms with Gasteiger partial charge in [-0.15, -0.1) is 11.3 Å². The number of carbonyl (C=O) groups is 1. The Kier molecular flexibility index (Phi) is 8.50. The summed E-state index contributed by atoms with van der Waals surface area (Å²) >= 11 is 8.39. The number of thiazole rings is 1. The number of hydrogen-bond acceptors (Lipinski definition) is 7. The first kappa shape index (κ1) is 27.9. The number of ether oxygens (including phenoxy) is 2. The third-order valence-electron chi connectivity index (χ3n) is 5.98. The van der Waals surface area contributed by atoms with E-state index >= 15 is 0 Å². The van der Waals surface area contributed by atoms with Gasteiger partial charge in [0.05, 0.1) is 26.0 Å². The first-order valence-corrected chi connectivity index (χ1v) is 15.4. The van der Waals surface area contributed by atoms with Gasteiger partial charge in [0.2, 0.25) is 0 Å². The van der Waals surface area contributed by atoms with E-state index in [1.165, 1.54) is 28.7 Å². The van der Waals surface area contributed by atoms with E-state index in [2.05, 4.69) is 43.5 Å². The number of carbonyl (C=O) groups excluding carboxylic acids is 1. The normalized spacial score (nSPS) is 15.2. The topological polar surface area (TPSA) is 69.9 Å². The lowest BCUT2D eigenvalue weighted by Gasteiger charge is -2.23. The first-order chi connectivity index (χ1) is 18.8. The Hall–Kier alpha value is -2.61. The van der Waals surface area contributed by atoms with Crippen LogP contribution >= 0.6 is 61.2 Å². The van der Waals surface area contributed by atoms with E-state index in [4.69, 9.17) is 9.47 Å². The SMILES string of the molecule is CCOC(=O)C1=C(C)N=c2s/c(=C\c3cc(Br)cc(I)c3OCc3ccccc3F)c(=O)n2[C@@H]1c1cccs1. The lowest BCUT2D eigenvalue weighted by Crippen LogP contribution is -2.39. The summed E-state index contributed by atoms with van der Waals surface area (Å²) in [7, 11) is 0. The van der Waals surface area contributed by atoms with Crippen LogP contribution in [0.1, 0.15) is 35.9 Å². The maximum atomic E-state index is 14.2. The standard InChI is InChI=1S/C28H21BrFIN2O4S2/c1-3-36-27(35)23-15(2)32-28-33(24(23)21-9-6-10-38-21)26(34)22(39-28)12-17-11-18(29)13-20(31)25(17)37-14-16-7-4-5-8-19(16)30/h4-13,24H,3,14H2,1-2H3/b22-12-/t24-/m1/s1. The minimum Gasteiger partial charge on any atom is -0.487 e. The van der Waals surface area contributed by atoms with Crippen LogP contribution in [-0.4, -0.2) is 17.1 Å². The highest BCUT2D eigenvalue weighted by atomic mass is 127. The molecule has 0 unspecified atom stereocenters. The van der Waals surface area contributed by atoms with Crippen LogP contribution < -0.4 is 19.6 Å². The summed E-state index contributed by atoms with van der Waals surface area (Å²) in [6.07, 6.45) is 1.75. The van der Waals surface area contributed by atoms with Gasteiger partial charge in [0.15, 0.2) is 4.80 Å². The van der Waals surface area contributed by atoms with E-state index in [-0.39, 0.29) is 24.6 Å². The predicted octanol–water partition coefficient (Wildman–Crippen LogP) is 5.95. The van der Waals surface area contributed by atoms with Gasteiger partial charge in [-0.3, -0.25) is 9.36 Å². The van der Waals surface area contributed by atoms with Gasteiger partial charge in [0.1, 0.15) is 24.2 Å². The van der Waals surface area contributed by atoms with E-state index in [9.17, 15) is 14.0 Å². The molecule has 0 aliphatic carbocycles. The van der Waals surface area contributed by atoms with Crippen molar-refractivity contribution in [2.24, 2.45) is 4.99 Å². The van der Waals surface area contributed by atoms with E-state index < -0.39 is 12.0 Å². The van der Waals surface area contributed by atoms with Crippen molar-refractivity contribution < 1.29 is 18.7 Å². The second-order valence-corrected chi connectivity index (χ2v) is 12.6. The summed E-state index contributed by atoms with van der Waals surface area (Å²) in [6.45, 7) is 3.75. The summed E-state index contributed by atoms with van der Waals surface area (Å²) in [4.78, 5) is 32.8. The molecule has 1 aliphatic heterocycles. The molecule has 0 saturated carbocycles. The average molecular weight is 739 g/mol.